The van der Waals surface area contributed by atoms with Crippen LogP contribution in [0.5, 0.6) is 0 Å². The number of benzene rings is 1. The molecule has 0 bridgehead atoms. The van der Waals surface area contributed by atoms with E-state index in [1.807, 2.05) is 6.92 Å². The van der Waals surface area contributed by atoms with Crippen LogP contribution in [0.2, 0.25) is 0 Å². The van der Waals surface area contributed by atoms with Crippen molar-refractivity contribution in [2.75, 3.05) is 5.32 Å². The molecular weight excluding hydrogens is 348 g/mol. The lowest BCUT2D eigenvalue weighted by Crippen LogP contribution is -2.12. The minimum Gasteiger partial charge on any atom is -0.296 e. The quantitative estimate of drug-likeness (QED) is 0.670. The lowest BCUT2D eigenvalue weighted by Gasteiger charge is -2.02. The molecule has 104 valence electrons. The van der Waals surface area contributed by atoms with Crippen molar-refractivity contribution in [3.8, 4) is 0 Å². The molecule has 0 fully saturated rings. The second kappa shape index (κ2) is 6.06. The van der Waals surface area contributed by atoms with Crippen LogP contribution >= 0.6 is 27.3 Å². The van der Waals surface area contributed by atoms with E-state index in [0.717, 1.165) is 11.4 Å². The van der Waals surface area contributed by atoms with Crippen molar-refractivity contribution in [2.45, 2.75) is 13.3 Å². The Morgan fingerprint density at radius 2 is 2.25 bits per heavy atom. The number of nitrogens with zero attached hydrogens (tertiary/aromatic N) is 3. The Balaban J connectivity index is 2.21. The molecule has 0 aliphatic rings. The summed E-state index contributed by atoms with van der Waals surface area (Å²) in [4.78, 5) is 22.3. The standard InChI is InChI=1S/C11H9BrN4O3S/c1-2-9-14-15-11(20-9)13-10(17)6-3-4-7(12)8(5-6)16(18)19/h3-5H,2H2,1H3,(H,13,15,17). The molecule has 0 radical (unpaired) electrons. The van der Waals surface area contributed by atoms with Gasteiger partial charge in [-0.15, -0.1) is 10.2 Å². The number of amides is 1. The van der Waals surface area contributed by atoms with E-state index >= 15 is 0 Å². The lowest BCUT2D eigenvalue weighted by atomic mass is 10.2. The average Bonchev–Trinajstić information content (AvgIpc) is 2.86. The molecule has 9 heteroatoms. The van der Waals surface area contributed by atoms with Gasteiger partial charge in [-0.2, -0.15) is 0 Å². The van der Waals surface area contributed by atoms with Gasteiger partial charge in [0.15, 0.2) is 0 Å². The molecule has 0 unspecified atom stereocenters. The second-order valence-electron chi connectivity index (χ2n) is 3.73. The molecule has 7 nitrogen and oxygen atoms in total. The second-order valence-corrected chi connectivity index (χ2v) is 5.65. The fraction of sp³-hybridized carbons (Fsp3) is 0.182. The monoisotopic (exact) mass is 356 g/mol. The van der Waals surface area contributed by atoms with E-state index in [9.17, 15) is 14.9 Å². The summed E-state index contributed by atoms with van der Waals surface area (Å²) in [6.45, 7) is 1.93. The third-order valence-electron chi connectivity index (χ3n) is 2.39. The summed E-state index contributed by atoms with van der Waals surface area (Å²) in [7, 11) is 0. The van der Waals surface area contributed by atoms with Crippen LogP contribution < -0.4 is 5.32 Å². The maximum atomic E-state index is 12.0. The summed E-state index contributed by atoms with van der Waals surface area (Å²) in [5, 5.41) is 22.3. The van der Waals surface area contributed by atoms with Crippen molar-refractivity contribution < 1.29 is 9.72 Å². The number of carbonyl (C=O) groups is 1. The largest absolute Gasteiger partial charge is 0.296 e. The summed E-state index contributed by atoms with van der Waals surface area (Å²) in [5.41, 5.74) is 0.0253. The maximum absolute atomic E-state index is 12.0. The zero-order valence-corrected chi connectivity index (χ0v) is 12.7. The zero-order chi connectivity index (χ0) is 14.7. The van der Waals surface area contributed by atoms with Gasteiger partial charge in [0.25, 0.3) is 11.6 Å². The number of anilines is 1. The Morgan fingerprint density at radius 3 is 2.85 bits per heavy atom. The van der Waals surface area contributed by atoms with Gasteiger partial charge in [-0.3, -0.25) is 20.2 Å². The number of hydrogen-bond donors (Lipinski definition) is 1. The molecule has 2 rings (SSSR count). The van der Waals surface area contributed by atoms with E-state index < -0.39 is 10.8 Å². The van der Waals surface area contributed by atoms with Gasteiger partial charge in [-0.05, 0) is 34.5 Å². The topological polar surface area (TPSA) is 98.0 Å². The highest BCUT2D eigenvalue weighted by molar-refractivity contribution is 9.10. The third-order valence-corrected chi connectivity index (χ3v) is 4.05. The smallest absolute Gasteiger partial charge is 0.284 e. The highest BCUT2D eigenvalue weighted by atomic mass is 79.9. The van der Waals surface area contributed by atoms with Crippen LogP contribution in [0.1, 0.15) is 22.3 Å². The number of aromatic nitrogens is 2. The molecule has 2 aromatic rings. The molecule has 1 aromatic heterocycles. The molecule has 0 saturated carbocycles. The molecule has 1 aromatic carbocycles. The highest BCUT2D eigenvalue weighted by Gasteiger charge is 2.17. The van der Waals surface area contributed by atoms with Gasteiger partial charge in [-0.25, -0.2) is 0 Å². The van der Waals surface area contributed by atoms with Gasteiger partial charge in [0.05, 0.1) is 9.40 Å². The molecule has 0 atom stereocenters. The van der Waals surface area contributed by atoms with Gasteiger partial charge in [0.2, 0.25) is 5.13 Å². The number of aryl methyl sites for hydroxylation is 1. The van der Waals surface area contributed by atoms with E-state index in [4.69, 9.17) is 0 Å². The average molecular weight is 357 g/mol. The zero-order valence-electron chi connectivity index (χ0n) is 10.3. The highest BCUT2D eigenvalue weighted by Crippen LogP contribution is 2.26. The van der Waals surface area contributed by atoms with Gasteiger partial charge >= 0.3 is 0 Å². The number of nitrogens with one attached hydrogen (secondary N) is 1. The Labute approximate surface area is 126 Å². The van der Waals surface area contributed by atoms with Crippen LogP contribution in [0.25, 0.3) is 0 Å². The van der Waals surface area contributed by atoms with E-state index in [1.165, 1.54) is 29.5 Å². The minimum atomic E-state index is -0.555. The van der Waals surface area contributed by atoms with E-state index in [1.54, 1.807) is 0 Å². The summed E-state index contributed by atoms with van der Waals surface area (Å²) in [6, 6.07) is 4.17. The van der Waals surface area contributed by atoms with Crippen LogP contribution in [0.3, 0.4) is 0 Å². The Hall–Kier alpha value is -1.87. The molecule has 0 saturated heterocycles. The fourth-order valence-corrected chi connectivity index (χ4v) is 2.48. The van der Waals surface area contributed by atoms with E-state index in [2.05, 4.69) is 31.4 Å². The number of carbonyl (C=O) groups excluding carboxylic acids is 1. The van der Waals surface area contributed by atoms with Crippen molar-refractivity contribution in [1.29, 1.82) is 0 Å². The van der Waals surface area contributed by atoms with Crippen LogP contribution in [0.4, 0.5) is 10.8 Å². The van der Waals surface area contributed by atoms with Crippen molar-refractivity contribution in [3.63, 3.8) is 0 Å². The molecule has 0 aliphatic carbocycles. The van der Waals surface area contributed by atoms with E-state index in [0.29, 0.717) is 9.60 Å². The Kier molecular flexibility index (Phi) is 4.40. The number of halogens is 1. The molecule has 1 N–H and O–H groups in total. The fourth-order valence-electron chi connectivity index (χ4n) is 1.41. The first-order valence-corrected chi connectivity index (χ1v) is 7.20. The summed E-state index contributed by atoms with van der Waals surface area (Å²) >= 11 is 4.34. The summed E-state index contributed by atoms with van der Waals surface area (Å²) in [6.07, 6.45) is 0.733. The van der Waals surface area contributed by atoms with Gasteiger partial charge in [0, 0.05) is 11.6 Å². The first kappa shape index (κ1) is 14.5. The van der Waals surface area contributed by atoms with Crippen molar-refractivity contribution in [1.82, 2.24) is 10.2 Å². The van der Waals surface area contributed by atoms with Gasteiger partial charge in [0.1, 0.15) is 5.01 Å². The van der Waals surface area contributed by atoms with Gasteiger partial charge in [-0.1, -0.05) is 18.3 Å². The number of rotatable bonds is 4. The predicted octanol–water partition coefficient (Wildman–Crippen LogP) is 3.02. The predicted molar refractivity (Wildman–Crippen MR) is 78.0 cm³/mol. The van der Waals surface area contributed by atoms with Crippen molar-refractivity contribution in [3.05, 3.63) is 43.4 Å². The third kappa shape index (κ3) is 3.17. The minimum absolute atomic E-state index is 0.163. The Morgan fingerprint density at radius 1 is 1.50 bits per heavy atom. The van der Waals surface area contributed by atoms with E-state index in [-0.39, 0.29) is 11.3 Å². The van der Waals surface area contributed by atoms with Crippen molar-refractivity contribution in [2.24, 2.45) is 0 Å². The molecule has 0 aliphatic heterocycles. The molecule has 20 heavy (non-hydrogen) atoms. The van der Waals surface area contributed by atoms with Crippen molar-refractivity contribution >= 4 is 44.0 Å². The SMILES string of the molecule is CCc1nnc(NC(=O)c2ccc(Br)c([N+](=O)[O-])c2)s1. The van der Waals surface area contributed by atoms with Crippen LogP contribution in [0, 0.1) is 10.1 Å². The number of hydrogen-bond acceptors (Lipinski definition) is 6. The first-order valence-electron chi connectivity index (χ1n) is 5.59. The van der Waals surface area contributed by atoms with Gasteiger partial charge < -0.3 is 0 Å². The van der Waals surface area contributed by atoms with Crippen LogP contribution in [0.15, 0.2) is 22.7 Å². The molecule has 1 amide bonds. The van der Waals surface area contributed by atoms with Crippen LogP contribution in [-0.4, -0.2) is 21.0 Å². The number of nitro groups is 1. The first-order chi connectivity index (χ1) is 9.51. The summed E-state index contributed by atoms with van der Waals surface area (Å²) < 4.78 is 0.322. The Bertz CT molecular complexity index is 673. The maximum Gasteiger partial charge on any atom is 0.284 e. The number of nitro benzene ring substituents is 1. The molecule has 0 spiro atoms. The lowest BCUT2D eigenvalue weighted by molar-refractivity contribution is -0.385. The normalized spacial score (nSPS) is 10.3. The molecular formula is C11H9BrN4O3S. The molecule has 1 heterocycles. The summed E-state index contributed by atoms with van der Waals surface area (Å²) in [5.74, 6) is -0.459. The van der Waals surface area contributed by atoms with Crippen LogP contribution in [-0.2, 0) is 6.42 Å².